The Bertz CT molecular complexity index is 341. The largest absolute Gasteiger partial charge is 0.384 e. The van der Waals surface area contributed by atoms with Crippen LogP contribution >= 0.6 is 0 Å². The molecule has 1 aromatic carbocycles. The molecule has 1 heterocycles. The van der Waals surface area contributed by atoms with Crippen LogP contribution in [0.3, 0.4) is 0 Å². The second-order valence-corrected chi connectivity index (χ2v) is 5.35. The zero-order chi connectivity index (χ0) is 12.6. The van der Waals surface area contributed by atoms with Gasteiger partial charge in [0.1, 0.15) is 0 Å². The van der Waals surface area contributed by atoms with E-state index in [4.69, 9.17) is 0 Å². The molecule has 0 bridgehead atoms. The number of anilines is 1. The van der Waals surface area contributed by atoms with Crippen LogP contribution < -0.4 is 5.32 Å². The van der Waals surface area contributed by atoms with Crippen molar-refractivity contribution < 1.29 is 0 Å². The molecule has 2 heteroatoms. The molecule has 2 nitrogen and oxygen atoms in total. The van der Waals surface area contributed by atoms with Crippen molar-refractivity contribution in [2.45, 2.75) is 39.0 Å². The van der Waals surface area contributed by atoms with Crippen LogP contribution in [0.2, 0.25) is 0 Å². The van der Waals surface area contributed by atoms with Gasteiger partial charge < -0.3 is 10.2 Å². The van der Waals surface area contributed by atoms with Crippen molar-refractivity contribution in [1.29, 1.82) is 0 Å². The van der Waals surface area contributed by atoms with Gasteiger partial charge in [-0.05, 0) is 44.5 Å². The van der Waals surface area contributed by atoms with Crippen molar-refractivity contribution >= 4 is 5.69 Å². The van der Waals surface area contributed by atoms with Gasteiger partial charge in [-0.2, -0.15) is 0 Å². The Balaban J connectivity index is 1.72. The van der Waals surface area contributed by atoms with Crippen LogP contribution in [0.5, 0.6) is 0 Å². The van der Waals surface area contributed by atoms with E-state index < -0.39 is 0 Å². The number of hydrogen-bond acceptors (Lipinski definition) is 2. The first kappa shape index (κ1) is 13.4. The number of nitrogens with zero attached hydrogens (tertiary/aromatic N) is 1. The van der Waals surface area contributed by atoms with Gasteiger partial charge in [0.25, 0.3) is 0 Å². The van der Waals surface area contributed by atoms with Gasteiger partial charge in [-0.1, -0.05) is 37.5 Å². The summed E-state index contributed by atoms with van der Waals surface area (Å²) in [4.78, 5) is 2.62. The minimum atomic E-state index is 1.06. The highest BCUT2D eigenvalue weighted by atomic mass is 15.1. The van der Waals surface area contributed by atoms with E-state index in [0.717, 1.165) is 6.54 Å². The van der Waals surface area contributed by atoms with E-state index in [9.17, 15) is 0 Å². The third kappa shape index (κ3) is 4.34. The smallest absolute Gasteiger partial charge is 0.0370 e. The molecule has 0 radical (unpaired) electrons. The lowest BCUT2D eigenvalue weighted by molar-refractivity contribution is 0.256. The lowest BCUT2D eigenvalue weighted by atomic mass is 10.1. The second kappa shape index (κ2) is 7.42. The van der Waals surface area contributed by atoms with E-state index in [2.05, 4.69) is 41.4 Å². The molecule has 1 fully saturated rings. The van der Waals surface area contributed by atoms with Crippen LogP contribution in [0, 0.1) is 6.92 Å². The molecule has 1 N–H and O–H groups in total. The quantitative estimate of drug-likeness (QED) is 0.872. The molecule has 1 aliphatic heterocycles. The third-order valence-electron chi connectivity index (χ3n) is 3.84. The molecule has 1 aliphatic rings. The fourth-order valence-electron chi connectivity index (χ4n) is 2.66. The maximum atomic E-state index is 3.55. The standard InChI is InChI=1S/C16H26N2/c1-15-9-5-6-10-16(15)17-11-14-18-12-7-3-2-4-8-13-18/h5-6,9-10,17H,2-4,7-8,11-14H2,1H3. The summed E-state index contributed by atoms with van der Waals surface area (Å²) in [5, 5.41) is 3.55. The third-order valence-corrected chi connectivity index (χ3v) is 3.84. The van der Waals surface area contributed by atoms with E-state index >= 15 is 0 Å². The van der Waals surface area contributed by atoms with Gasteiger partial charge in [-0.25, -0.2) is 0 Å². The molecule has 18 heavy (non-hydrogen) atoms. The fraction of sp³-hybridized carbons (Fsp3) is 0.625. The summed E-state index contributed by atoms with van der Waals surface area (Å²) in [6, 6.07) is 8.53. The van der Waals surface area contributed by atoms with Crippen molar-refractivity contribution in [2.75, 3.05) is 31.5 Å². The van der Waals surface area contributed by atoms with E-state index in [1.165, 1.54) is 63.0 Å². The van der Waals surface area contributed by atoms with Gasteiger partial charge in [0.15, 0.2) is 0 Å². The highest BCUT2D eigenvalue weighted by Crippen LogP contribution is 2.13. The Hall–Kier alpha value is -1.02. The van der Waals surface area contributed by atoms with Gasteiger partial charge in [0.05, 0.1) is 0 Å². The number of para-hydroxylation sites is 1. The summed E-state index contributed by atoms with van der Waals surface area (Å²) in [5.74, 6) is 0. The summed E-state index contributed by atoms with van der Waals surface area (Å²) in [7, 11) is 0. The van der Waals surface area contributed by atoms with Crippen LogP contribution in [0.1, 0.15) is 37.7 Å². The average molecular weight is 246 g/mol. The van der Waals surface area contributed by atoms with Crippen molar-refractivity contribution in [3.05, 3.63) is 29.8 Å². The Labute approximate surface area is 111 Å². The van der Waals surface area contributed by atoms with Gasteiger partial charge in [0, 0.05) is 18.8 Å². The number of rotatable bonds is 4. The number of likely N-dealkylation sites (tertiary alicyclic amines) is 1. The Kier molecular flexibility index (Phi) is 5.53. The molecule has 0 amide bonds. The first-order valence-electron chi connectivity index (χ1n) is 7.38. The average Bonchev–Trinajstić information content (AvgIpc) is 2.34. The Morgan fingerprint density at radius 1 is 1.00 bits per heavy atom. The lowest BCUT2D eigenvalue weighted by Gasteiger charge is -2.24. The molecule has 0 atom stereocenters. The van der Waals surface area contributed by atoms with Crippen molar-refractivity contribution in [1.82, 2.24) is 4.90 Å². The first-order chi connectivity index (χ1) is 8.86. The summed E-state index contributed by atoms with van der Waals surface area (Å²) in [6.45, 7) is 6.97. The second-order valence-electron chi connectivity index (χ2n) is 5.35. The maximum absolute atomic E-state index is 3.55. The number of benzene rings is 1. The molecule has 2 rings (SSSR count). The topological polar surface area (TPSA) is 15.3 Å². The molecule has 1 saturated heterocycles. The van der Waals surface area contributed by atoms with Crippen LogP contribution in [-0.2, 0) is 0 Å². The summed E-state index contributed by atoms with van der Waals surface area (Å²) in [6.07, 6.45) is 7.04. The monoisotopic (exact) mass is 246 g/mol. The van der Waals surface area contributed by atoms with Gasteiger partial charge in [0.2, 0.25) is 0 Å². The van der Waals surface area contributed by atoms with Gasteiger partial charge in [-0.3, -0.25) is 0 Å². The normalized spacial score (nSPS) is 18.1. The Morgan fingerprint density at radius 2 is 1.67 bits per heavy atom. The fourth-order valence-corrected chi connectivity index (χ4v) is 2.66. The summed E-state index contributed by atoms with van der Waals surface area (Å²) >= 11 is 0. The number of hydrogen-bond donors (Lipinski definition) is 1. The van der Waals surface area contributed by atoms with E-state index in [1.54, 1.807) is 0 Å². The Morgan fingerprint density at radius 3 is 2.39 bits per heavy atom. The maximum Gasteiger partial charge on any atom is 0.0370 e. The first-order valence-corrected chi connectivity index (χ1v) is 7.38. The summed E-state index contributed by atoms with van der Waals surface area (Å²) in [5.41, 5.74) is 2.62. The van der Waals surface area contributed by atoms with E-state index in [0.29, 0.717) is 0 Å². The molecule has 0 spiro atoms. The minimum absolute atomic E-state index is 1.06. The number of aryl methyl sites for hydroxylation is 1. The van der Waals surface area contributed by atoms with Crippen molar-refractivity contribution in [3.8, 4) is 0 Å². The molecular weight excluding hydrogens is 220 g/mol. The van der Waals surface area contributed by atoms with Crippen LogP contribution in [0.15, 0.2) is 24.3 Å². The highest BCUT2D eigenvalue weighted by Gasteiger charge is 2.07. The molecular formula is C16H26N2. The number of nitrogens with one attached hydrogen (secondary N) is 1. The van der Waals surface area contributed by atoms with Gasteiger partial charge >= 0.3 is 0 Å². The van der Waals surface area contributed by atoms with Crippen LogP contribution in [0.4, 0.5) is 5.69 Å². The van der Waals surface area contributed by atoms with Crippen molar-refractivity contribution in [2.24, 2.45) is 0 Å². The summed E-state index contributed by atoms with van der Waals surface area (Å²) < 4.78 is 0. The molecule has 1 aromatic rings. The highest BCUT2D eigenvalue weighted by molar-refractivity contribution is 5.50. The molecule has 0 saturated carbocycles. The molecule has 0 unspecified atom stereocenters. The minimum Gasteiger partial charge on any atom is -0.384 e. The zero-order valence-electron chi connectivity index (χ0n) is 11.6. The predicted octanol–water partition coefficient (Wildman–Crippen LogP) is 3.67. The van der Waals surface area contributed by atoms with E-state index in [-0.39, 0.29) is 0 Å². The van der Waals surface area contributed by atoms with Crippen molar-refractivity contribution in [3.63, 3.8) is 0 Å². The van der Waals surface area contributed by atoms with Crippen LogP contribution in [0.25, 0.3) is 0 Å². The molecule has 0 aliphatic carbocycles. The van der Waals surface area contributed by atoms with Gasteiger partial charge in [-0.15, -0.1) is 0 Å². The predicted molar refractivity (Wildman–Crippen MR) is 79.2 cm³/mol. The zero-order valence-corrected chi connectivity index (χ0v) is 11.6. The molecule has 0 aromatic heterocycles. The lowest BCUT2D eigenvalue weighted by Crippen LogP contribution is -2.32. The SMILES string of the molecule is Cc1ccccc1NCCN1CCCCCCC1. The van der Waals surface area contributed by atoms with E-state index in [1.807, 2.05) is 0 Å². The molecule has 100 valence electrons. The van der Waals surface area contributed by atoms with Crippen LogP contribution in [-0.4, -0.2) is 31.1 Å².